The van der Waals surface area contributed by atoms with Gasteiger partial charge in [0.05, 0.1) is 12.4 Å². The van der Waals surface area contributed by atoms with Crippen molar-refractivity contribution < 1.29 is 9.53 Å². The minimum atomic E-state index is -0.0892. The average Bonchev–Trinajstić information content (AvgIpc) is 2.02. The van der Waals surface area contributed by atoms with Crippen molar-refractivity contribution in [2.45, 2.75) is 6.42 Å². The highest BCUT2D eigenvalue weighted by Crippen LogP contribution is 2.04. The molecule has 0 aliphatic carbocycles. The van der Waals surface area contributed by atoms with Gasteiger partial charge in [-0.15, -0.1) is 11.8 Å². The molecule has 0 saturated heterocycles. The van der Waals surface area contributed by atoms with Crippen LogP contribution in [0.25, 0.3) is 0 Å². The first kappa shape index (κ1) is 7.66. The van der Waals surface area contributed by atoms with Crippen LogP contribution in [0.15, 0.2) is 12.2 Å². The fourth-order valence-electron chi connectivity index (χ4n) is 0.679. The van der Waals surface area contributed by atoms with E-state index in [2.05, 4.69) is 6.08 Å². The third kappa shape index (κ3) is 2.92. The van der Waals surface area contributed by atoms with E-state index in [1.54, 1.807) is 11.8 Å². The van der Waals surface area contributed by atoms with Crippen LogP contribution in [0.2, 0.25) is 0 Å². The number of esters is 1. The third-order valence-electron chi connectivity index (χ3n) is 1.15. The maximum absolute atomic E-state index is 10.7. The number of carbonyl (C=O) groups excluding carboxylic acids is 1. The van der Waals surface area contributed by atoms with Crippen molar-refractivity contribution in [3.8, 4) is 0 Å². The zero-order valence-electron chi connectivity index (χ0n) is 5.71. The zero-order chi connectivity index (χ0) is 7.23. The number of thioether (sulfide) groups is 1. The minimum Gasteiger partial charge on any atom is -0.465 e. The lowest BCUT2D eigenvalue weighted by molar-refractivity contribution is -0.140. The Labute approximate surface area is 64.6 Å². The molecular formula is C7H10O2S. The highest BCUT2D eigenvalue weighted by Gasteiger charge is 2.01. The second kappa shape index (κ2) is 4.39. The Morgan fingerprint density at radius 2 is 2.40 bits per heavy atom. The van der Waals surface area contributed by atoms with Gasteiger partial charge in [-0.3, -0.25) is 4.79 Å². The monoisotopic (exact) mass is 158 g/mol. The van der Waals surface area contributed by atoms with Gasteiger partial charge < -0.3 is 4.74 Å². The smallest absolute Gasteiger partial charge is 0.315 e. The lowest BCUT2D eigenvalue weighted by atomic mass is 10.4. The molecule has 1 rings (SSSR count). The average molecular weight is 158 g/mol. The van der Waals surface area contributed by atoms with Crippen LogP contribution in [-0.4, -0.2) is 24.1 Å². The molecule has 1 aliphatic heterocycles. The van der Waals surface area contributed by atoms with E-state index in [4.69, 9.17) is 4.74 Å². The van der Waals surface area contributed by atoms with Crippen molar-refractivity contribution in [2.75, 3.05) is 18.1 Å². The van der Waals surface area contributed by atoms with Crippen molar-refractivity contribution in [1.82, 2.24) is 0 Å². The van der Waals surface area contributed by atoms with Gasteiger partial charge in [0.25, 0.3) is 0 Å². The van der Waals surface area contributed by atoms with Gasteiger partial charge in [-0.05, 0) is 6.42 Å². The summed E-state index contributed by atoms with van der Waals surface area (Å²) < 4.78 is 4.85. The summed E-state index contributed by atoms with van der Waals surface area (Å²) >= 11 is 1.59. The lowest BCUT2D eigenvalue weighted by Gasteiger charge is -1.98. The molecule has 0 aromatic heterocycles. The number of hydrogen-bond acceptors (Lipinski definition) is 3. The van der Waals surface area contributed by atoms with Gasteiger partial charge in [-0.1, -0.05) is 12.2 Å². The molecule has 0 saturated carbocycles. The Morgan fingerprint density at radius 3 is 3.30 bits per heavy atom. The molecule has 10 heavy (non-hydrogen) atoms. The highest BCUT2D eigenvalue weighted by atomic mass is 32.2. The lowest BCUT2D eigenvalue weighted by Crippen LogP contribution is -2.07. The van der Waals surface area contributed by atoms with E-state index >= 15 is 0 Å². The van der Waals surface area contributed by atoms with Crippen LogP contribution in [0.5, 0.6) is 0 Å². The van der Waals surface area contributed by atoms with Gasteiger partial charge in [0.1, 0.15) is 0 Å². The van der Waals surface area contributed by atoms with Gasteiger partial charge in [0, 0.05) is 5.75 Å². The summed E-state index contributed by atoms with van der Waals surface area (Å²) in [7, 11) is 0. The van der Waals surface area contributed by atoms with E-state index in [1.165, 1.54) is 0 Å². The number of rotatable bonds is 0. The first-order valence-corrected chi connectivity index (χ1v) is 4.43. The molecule has 0 amide bonds. The van der Waals surface area contributed by atoms with Gasteiger partial charge in [0.15, 0.2) is 0 Å². The summed E-state index contributed by atoms with van der Waals surface area (Å²) in [6.07, 6.45) is 4.98. The summed E-state index contributed by atoms with van der Waals surface area (Å²) in [5, 5.41) is 0. The van der Waals surface area contributed by atoms with E-state index in [9.17, 15) is 4.79 Å². The third-order valence-corrected chi connectivity index (χ3v) is 2.02. The standard InChI is InChI=1S/C7H10O2S/c8-7-6-10-5-3-1-2-4-9-7/h1,3H,2,4-6H2/b3-1-. The molecule has 0 unspecified atom stereocenters. The van der Waals surface area contributed by atoms with Crippen molar-refractivity contribution in [1.29, 1.82) is 0 Å². The molecule has 0 aromatic carbocycles. The van der Waals surface area contributed by atoms with Gasteiger partial charge in [0.2, 0.25) is 0 Å². The summed E-state index contributed by atoms with van der Waals surface area (Å²) in [5.41, 5.74) is 0. The highest BCUT2D eigenvalue weighted by molar-refractivity contribution is 8.00. The predicted molar refractivity (Wildman–Crippen MR) is 42.0 cm³/mol. The fourth-order valence-corrected chi connectivity index (χ4v) is 1.32. The summed E-state index contributed by atoms with van der Waals surface area (Å²) in [4.78, 5) is 10.7. The Morgan fingerprint density at radius 1 is 1.50 bits per heavy atom. The number of ether oxygens (including phenoxy) is 1. The second-order valence-electron chi connectivity index (χ2n) is 2.00. The van der Waals surface area contributed by atoms with Gasteiger partial charge in [-0.25, -0.2) is 0 Å². The largest absolute Gasteiger partial charge is 0.465 e. The van der Waals surface area contributed by atoms with Crippen molar-refractivity contribution >= 4 is 17.7 Å². The Kier molecular flexibility index (Phi) is 3.36. The minimum absolute atomic E-state index is 0.0892. The van der Waals surface area contributed by atoms with E-state index < -0.39 is 0 Å². The van der Waals surface area contributed by atoms with E-state index in [0.29, 0.717) is 12.4 Å². The molecule has 1 aliphatic rings. The van der Waals surface area contributed by atoms with Crippen LogP contribution in [0.1, 0.15) is 6.42 Å². The van der Waals surface area contributed by atoms with Crippen LogP contribution in [-0.2, 0) is 9.53 Å². The first-order valence-electron chi connectivity index (χ1n) is 3.28. The van der Waals surface area contributed by atoms with Gasteiger partial charge in [-0.2, -0.15) is 0 Å². The number of hydrogen-bond donors (Lipinski definition) is 0. The Hall–Kier alpha value is -0.440. The fraction of sp³-hybridized carbons (Fsp3) is 0.571. The van der Waals surface area contributed by atoms with Crippen LogP contribution in [0.3, 0.4) is 0 Å². The zero-order valence-corrected chi connectivity index (χ0v) is 6.52. The summed E-state index contributed by atoms with van der Waals surface area (Å²) in [5.74, 6) is 1.33. The quantitative estimate of drug-likeness (QED) is 0.391. The normalized spacial score (nSPS) is 23.8. The van der Waals surface area contributed by atoms with Crippen molar-refractivity contribution in [3.05, 3.63) is 12.2 Å². The molecular weight excluding hydrogens is 148 g/mol. The van der Waals surface area contributed by atoms with Crippen LogP contribution >= 0.6 is 11.8 Å². The molecule has 1 heterocycles. The van der Waals surface area contributed by atoms with E-state index in [-0.39, 0.29) is 5.97 Å². The number of carbonyl (C=O) groups is 1. The molecule has 0 atom stereocenters. The first-order chi connectivity index (χ1) is 4.89. The van der Waals surface area contributed by atoms with Crippen LogP contribution in [0, 0.1) is 0 Å². The maximum Gasteiger partial charge on any atom is 0.315 e. The topological polar surface area (TPSA) is 26.3 Å². The Bertz CT molecular complexity index is 129. The molecule has 0 bridgehead atoms. The second-order valence-corrected chi connectivity index (χ2v) is 3.03. The predicted octanol–water partition coefficient (Wildman–Crippen LogP) is 1.22. The van der Waals surface area contributed by atoms with E-state index in [0.717, 1.165) is 12.2 Å². The molecule has 3 heteroatoms. The molecule has 0 fully saturated rings. The van der Waals surface area contributed by atoms with Crippen molar-refractivity contribution in [2.24, 2.45) is 0 Å². The maximum atomic E-state index is 10.7. The summed E-state index contributed by atoms with van der Waals surface area (Å²) in [6.45, 7) is 0.538. The van der Waals surface area contributed by atoms with Crippen molar-refractivity contribution in [3.63, 3.8) is 0 Å². The SMILES string of the molecule is O=C1CSC/C=C\CCO1. The van der Waals surface area contributed by atoms with Crippen LogP contribution in [0.4, 0.5) is 0 Å². The van der Waals surface area contributed by atoms with E-state index in [1.807, 2.05) is 6.08 Å². The molecule has 0 N–H and O–H groups in total. The molecule has 56 valence electrons. The Balaban J connectivity index is 2.31. The molecule has 2 nitrogen and oxygen atoms in total. The number of cyclic esters (lactones) is 1. The summed E-state index contributed by atoms with van der Waals surface area (Å²) in [6, 6.07) is 0. The van der Waals surface area contributed by atoms with Crippen LogP contribution < -0.4 is 0 Å². The van der Waals surface area contributed by atoms with Gasteiger partial charge >= 0.3 is 5.97 Å². The molecule has 0 radical (unpaired) electrons. The molecule has 0 aromatic rings. The molecule has 0 spiro atoms.